The van der Waals surface area contributed by atoms with Crippen molar-refractivity contribution in [2.24, 2.45) is 0 Å². The Morgan fingerprint density at radius 1 is 1.00 bits per heavy atom. The number of ether oxygens (including phenoxy) is 4. The van der Waals surface area contributed by atoms with Crippen LogP contribution in [0.15, 0.2) is 18.2 Å². The summed E-state index contributed by atoms with van der Waals surface area (Å²) in [5.41, 5.74) is 2.21. The van der Waals surface area contributed by atoms with Crippen LogP contribution >= 0.6 is 0 Å². The van der Waals surface area contributed by atoms with E-state index < -0.39 is 6.09 Å². The molecule has 0 aliphatic rings. The predicted octanol–water partition coefficient (Wildman–Crippen LogP) is 2.24. The number of anilines is 1. The minimum absolute atomic E-state index is 0.121. The number of hydrogen-bond acceptors (Lipinski definition) is 7. The van der Waals surface area contributed by atoms with Crippen LogP contribution in [0.1, 0.15) is 18.1 Å². The zero-order valence-corrected chi connectivity index (χ0v) is 17.3. The molecule has 0 saturated carbocycles. The number of aryl methyl sites for hydroxylation is 1. The summed E-state index contributed by atoms with van der Waals surface area (Å²) in [5.74, 6) is -0.341. The minimum Gasteiger partial charge on any atom is -0.463 e. The molecule has 0 saturated heterocycles. The molecule has 0 aromatic heterocycles. The molecular weight excluding hydrogens is 364 g/mol. The summed E-state index contributed by atoms with van der Waals surface area (Å²) in [6, 6.07) is 5.41. The van der Waals surface area contributed by atoms with Gasteiger partial charge in [0.1, 0.15) is 13.2 Å². The van der Waals surface area contributed by atoms with Gasteiger partial charge in [-0.3, -0.25) is 10.1 Å². The normalized spacial score (nSPS) is 10.8. The molecule has 1 aromatic rings. The molecule has 1 N–H and O–H groups in total. The van der Waals surface area contributed by atoms with Gasteiger partial charge in [0.25, 0.3) is 0 Å². The van der Waals surface area contributed by atoms with Crippen molar-refractivity contribution >= 4 is 17.7 Å². The topological polar surface area (TPSA) is 86.3 Å². The summed E-state index contributed by atoms with van der Waals surface area (Å²) in [6.45, 7) is 6.85. The number of amides is 1. The van der Waals surface area contributed by atoms with Crippen molar-refractivity contribution in [3.63, 3.8) is 0 Å². The Morgan fingerprint density at radius 3 is 2.43 bits per heavy atom. The highest BCUT2D eigenvalue weighted by Gasteiger charge is 2.10. The molecule has 8 heteroatoms. The van der Waals surface area contributed by atoms with Gasteiger partial charge >= 0.3 is 12.1 Å². The first-order chi connectivity index (χ1) is 13.4. The SMILES string of the molecule is CCOCCOC(=O)Cc1ccc(C)c(NC(=O)OCCOCCN(C)C)c1. The summed E-state index contributed by atoms with van der Waals surface area (Å²) in [5, 5.41) is 2.70. The first kappa shape index (κ1) is 23.9. The van der Waals surface area contributed by atoms with Crippen molar-refractivity contribution < 1.29 is 28.5 Å². The fourth-order valence-electron chi connectivity index (χ4n) is 2.18. The number of rotatable bonds is 13. The second kappa shape index (κ2) is 13.9. The van der Waals surface area contributed by atoms with Gasteiger partial charge in [0.05, 0.1) is 26.2 Å². The average Bonchev–Trinajstić information content (AvgIpc) is 2.64. The highest BCUT2D eigenvalue weighted by molar-refractivity contribution is 5.86. The molecule has 1 aromatic carbocycles. The van der Waals surface area contributed by atoms with Gasteiger partial charge in [-0.25, -0.2) is 4.79 Å². The van der Waals surface area contributed by atoms with E-state index in [1.807, 2.05) is 45.0 Å². The van der Waals surface area contributed by atoms with Crippen molar-refractivity contribution in [3.8, 4) is 0 Å². The van der Waals surface area contributed by atoms with Crippen LogP contribution in [0.25, 0.3) is 0 Å². The molecule has 0 spiro atoms. The van der Waals surface area contributed by atoms with Gasteiger partial charge in [0.15, 0.2) is 0 Å². The lowest BCUT2D eigenvalue weighted by Gasteiger charge is -2.12. The monoisotopic (exact) mass is 396 g/mol. The van der Waals surface area contributed by atoms with Crippen molar-refractivity contribution in [2.75, 3.05) is 65.6 Å². The Labute approximate surface area is 167 Å². The zero-order valence-electron chi connectivity index (χ0n) is 17.3. The van der Waals surface area contributed by atoms with Crippen LogP contribution in [-0.4, -0.2) is 77.2 Å². The van der Waals surface area contributed by atoms with Crippen LogP contribution in [0.2, 0.25) is 0 Å². The van der Waals surface area contributed by atoms with E-state index in [2.05, 4.69) is 5.32 Å². The van der Waals surface area contributed by atoms with Crippen molar-refractivity contribution in [3.05, 3.63) is 29.3 Å². The predicted molar refractivity (Wildman–Crippen MR) is 107 cm³/mol. The number of nitrogens with one attached hydrogen (secondary N) is 1. The van der Waals surface area contributed by atoms with Crippen LogP contribution < -0.4 is 5.32 Å². The molecule has 0 heterocycles. The van der Waals surface area contributed by atoms with Crippen LogP contribution in [0, 0.1) is 6.92 Å². The molecule has 158 valence electrons. The molecule has 0 radical (unpaired) electrons. The lowest BCUT2D eigenvalue weighted by Crippen LogP contribution is -2.21. The van der Waals surface area contributed by atoms with Crippen molar-refractivity contribution in [1.29, 1.82) is 0 Å². The molecule has 0 aliphatic heterocycles. The summed E-state index contributed by atoms with van der Waals surface area (Å²) < 4.78 is 20.7. The van der Waals surface area contributed by atoms with E-state index in [1.165, 1.54) is 0 Å². The molecule has 0 atom stereocenters. The van der Waals surface area contributed by atoms with Crippen LogP contribution in [0.3, 0.4) is 0 Å². The first-order valence-corrected chi connectivity index (χ1v) is 9.41. The molecule has 28 heavy (non-hydrogen) atoms. The molecule has 1 amide bonds. The Kier molecular flexibility index (Phi) is 11.9. The van der Waals surface area contributed by atoms with Gasteiger partial charge in [-0.1, -0.05) is 12.1 Å². The standard InChI is InChI=1S/C20H32N2O6/c1-5-25-10-12-27-19(23)15-17-7-6-16(2)18(14-17)21-20(24)28-13-11-26-9-8-22(3)4/h6-7,14H,5,8-13,15H2,1-4H3,(H,21,24). The second-order valence-electron chi connectivity index (χ2n) is 6.42. The Bertz CT molecular complexity index is 606. The first-order valence-electron chi connectivity index (χ1n) is 9.41. The van der Waals surface area contributed by atoms with Gasteiger partial charge in [-0.15, -0.1) is 0 Å². The number of carbonyl (C=O) groups excluding carboxylic acids is 2. The van der Waals surface area contributed by atoms with E-state index in [9.17, 15) is 9.59 Å². The highest BCUT2D eigenvalue weighted by Crippen LogP contribution is 2.18. The fraction of sp³-hybridized carbons (Fsp3) is 0.600. The quantitative estimate of drug-likeness (QED) is 0.404. The van der Waals surface area contributed by atoms with Crippen molar-refractivity contribution in [1.82, 2.24) is 4.90 Å². The van der Waals surface area contributed by atoms with E-state index in [0.29, 0.717) is 32.1 Å². The maximum atomic E-state index is 11.9. The van der Waals surface area contributed by atoms with Gasteiger partial charge in [-0.05, 0) is 45.1 Å². The molecule has 1 rings (SSSR count). The number of hydrogen-bond donors (Lipinski definition) is 1. The van der Waals surface area contributed by atoms with Crippen LogP contribution in [0.4, 0.5) is 10.5 Å². The Morgan fingerprint density at radius 2 is 1.71 bits per heavy atom. The Hall–Kier alpha value is -2.16. The van der Waals surface area contributed by atoms with Crippen LogP contribution in [-0.2, 0) is 30.2 Å². The molecule has 0 bridgehead atoms. The maximum absolute atomic E-state index is 11.9. The number of nitrogens with zero attached hydrogens (tertiary/aromatic N) is 1. The molecule has 8 nitrogen and oxygen atoms in total. The van der Waals surface area contributed by atoms with E-state index in [-0.39, 0.29) is 25.6 Å². The summed E-state index contributed by atoms with van der Waals surface area (Å²) in [6.07, 6.45) is -0.439. The largest absolute Gasteiger partial charge is 0.463 e. The third kappa shape index (κ3) is 10.9. The third-order valence-corrected chi connectivity index (χ3v) is 3.73. The Balaban J connectivity index is 2.39. The van der Waals surface area contributed by atoms with E-state index in [1.54, 1.807) is 6.07 Å². The van der Waals surface area contributed by atoms with Gasteiger partial charge < -0.3 is 23.8 Å². The van der Waals surface area contributed by atoms with Crippen molar-refractivity contribution in [2.45, 2.75) is 20.3 Å². The number of likely N-dealkylation sites (N-methyl/N-ethyl adjacent to an activating group) is 1. The highest BCUT2D eigenvalue weighted by atomic mass is 16.6. The number of esters is 1. The number of benzene rings is 1. The summed E-state index contributed by atoms with van der Waals surface area (Å²) >= 11 is 0. The van der Waals surface area contributed by atoms with Gasteiger partial charge in [0.2, 0.25) is 0 Å². The molecule has 0 fully saturated rings. The van der Waals surface area contributed by atoms with E-state index in [0.717, 1.165) is 17.7 Å². The van der Waals surface area contributed by atoms with Gasteiger partial charge in [0, 0.05) is 18.8 Å². The van der Waals surface area contributed by atoms with Crippen LogP contribution in [0.5, 0.6) is 0 Å². The fourth-order valence-corrected chi connectivity index (χ4v) is 2.18. The third-order valence-electron chi connectivity index (χ3n) is 3.73. The maximum Gasteiger partial charge on any atom is 0.411 e. The van der Waals surface area contributed by atoms with E-state index in [4.69, 9.17) is 18.9 Å². The van der Waals surface area contributed by atoms with Gasteiger partial charge in [-0.2, -0.15) is 0 Å². The molecular formula is C20H32N2O6. The smallest absolute Gasteiger partial charge is 0.411 e. The molecule has 0 aliphatic carbocycles. The molecule has 0 unspecified atom stereocenters. The summed E-state index contributed by atoms with van der Waals surface area (Å²) in [4.78, 5) is 25.8. The minimum atomic E-state index is -0.559. The summed E-state index contributed by atoms with van der Waals surface area (Å²) in [7, 11) is 3.93. The zero-order chi connectivity index (χ0) is 20.8. The number of carbonyl (C=O) groups is 2. The second-order valence-corrected chi connectivity index (χ2v) is 6.42. The lowest BCUT2D eigenvalue weighted by molar-refractivity contribution is -0.144. The van der Waals surface area contributed by atoms with E-state index >= 15 is 0 Å². The average molecular weight is 396 g/mol. The lowest BCUT2D eigenvalue weighted by atomic mass is 10.1.